The molecule has 9 heteroatoms. The Balaban J connectivity index is 1.96. The Labute approximate surface area is 217 Å². The van der Waals surface area contributed by atoms with Gasteiger partial charge in [-0.25, -0.2) is 8.42 Å². The van der Waals surface area contributed by atoms with Crippen molar-refractivity contribution < 1.29 is 18.0 Å². The number of nitrogens with one attached hydrogen (secondary N) is 1. The van der Waals surface area contributed by atoms with E-state index in [4.69, 9.17) is 11.6 Å². The average Bonchev–Trinajstić information content (AvgIpc) is 2.88. The number of sulfonamides is 1. The Morgan fingerprint density at radius 3 is 2.19 bits per heavy atom. The third-order valence-electron chi connectivity index (χ3n) is 5.71. The topological polar surface area (TPSA) is 86.8 Å². The molecule has 1 N–H and O–H groups in total. The van der Waals surface area contributed by atoms with Crippen LogP contribution in [0.4, 0.5) is 5.69 Å². The van der Waals surface area contributed by atoms with E-state index in [0.717, 1.165) is 9.87 Å². The molecule has 190 valence electrons. The molecule has 3 rings (SSSR count). The highest BCUT2D eigenvalue weighted by Crippen LogP contribution is 2.26. The number of rotatable bonds is 11. The minimum absolute atomic E-state index is 0.0467. The highest BCUT2D eigenvalue weighted by molar-refractivity contribution is 7.92. The van der Waals surface area contributed by atoms with E-state index in [1.54, 1.807) is 50.2 Å². The summed E-state index contributed by atoms with van der Waals surface area (Å²) in [5.74, 6) is -0.803. The van der Waals surface area contributed by atoms with Gasteiger partial charge in [-0.3, -0.25) is 13.9 Å². The van der Waals surface area contributed by atoms with Crippen LogP contribution < -0.4 is 9.62 Å². The molecule has 1 atom stereocenters. The van der Waals surface area contributed by atoms with Gasteiger partial charge in [-0.15, -0.1) is 0 Å². The van der Waals surface area contributed by atoms with Crippen LogP contribution in [0.25, 0.3) is 0 Å². The molecular formula is C27H30ClN3O4S. The zero-order valence-electron chi connectivity index (χ0n) is 20.3. The summed E-state index contributed by atoms with van der Waals surface area (Å²) in [6.45, 7) is 3.62. The summed E-state index contributed by atoms with van der Waals surface area (Å²) in [4.78, 5) is 27.8. The number of carbonyl (C=O) groups is 2. The van der Waals surface area contributed by atoms with Crippen molar-refractivity contribution in [1.29, 1.82) is 0 Å². The van der Waals surface area contributed by atoms with E-state index in [9.17, 15) is 18.0 Å². The molecule has 0 aliphatic heterocycles. The van der Waals surface area contributed by atoms with Crippen molar-refractivity contribution in [3.05, 3.63) is 95.5 Å². The molecular weight excluding hydrogens is 498 g/mol. The number of hydrogen-bond donors (Lipinski definition) is 1. The van der Waals surface area contributed by atoms with E-state index in [0.29, 0.717) is 18.0 Å². The fourth-order valence-electron chi connectivity index (χ4n) is 3.77. The Hall–Kier alpha value is -3.36. The molecule has 3 aromatic rings. The van der Waals surface area contributed by atoms with E-state index >= 15 is 0 Å². The minimum atomic E-state index is -4.10. The lowest BCUT2D eigenvalue weighted by Crippen LogP contribution is -2.52. The van der Waals surface area contributed by atoms with Gasteiger partial charge in [0.25, 0.3) is 10.0 Å². The first-order valence-corrected chi connectivity index (χ1v) is 13.5. The Morgan fingerprint density at radius 2 is 1.58 bits per heavy atom. The average molecular weight is 528 g/mol. The lowest BCUT2D eigenvalue weighted by atomic mass is 10.1. The van der Waals surface area contributed by atoms with Gasteiger partial charge in [0.2, 0.25) is 11.8 Å². The standard InChI is InChI=1S/C27H30ClN3O4S/c1-3-29-27(33)21(2)30(18-17-22-11-6-4-7-12-22)26(32)20-31(24-14-10-13-23(28)19-24)36(34,35)25-15-8-5-9-16-25/h4-16,19,21H,3,17-18,20H2,1-2H3,(H,29,33). The van der Waals surface area contributed by atoms with Gasteiger partial charge < -0.3 is 10.2 Å². The quantitative estimate of drug-likeness (QED) is 0.406. The summed E-state index contributed by atoms with van der Waals surface area (Å²) in [6, 6.07) is 23.0. The van der Waals surface area contributed by atoms with Crippen LogP contribution in [0.2, 0.25) is 5.02 Å². The van der Waals surface area contributed by atoms with Crippen molar-refractivity contribution >= 4 is 39.1 Å². The Bertz CT molecular complexity index is 1270. The first kappa shape index (κ1) is 27.2. The third kappa shape index (κ3) is 6.86. The Kier molecular flexibility index (Phi) is 9.50. The van der Waals surface area contributed by atoms with Crippen molar-refractivity contribution in [3.63, 3.8) is 0 Å². The van der Waals surface area contributed by atoms with Crippen LogP contribution in [0.5, 0.6) is 0 Å². The zero-order chi connectivity index (χ0) is 26.1. The van der Waals surface area contributed by atoms with Crippen molar-refractivity contribution in [2.24, 2.45) is 0 Å². The molecule has 0 aliphatic rings. The fourth-order valence-corrected chi connectivity index (χ4v) is 5.38. The van der Waals surface area contributed by atoms with Gasteiger partial charge in [0.1, 0.15) is 12.6 Å². The number of hydrogen-bond acceptors (Lipinski definition) is 4. The number of benzene rings is 3. The van der Waals surface area contributed by atoms with Gasteiger partial charge >= 0.3 is 0 Å². The van der Waals surface area contributed by atoms with E-state index in [2.05, 4.69) is 5.32 Å². The molecule has 0 spiro atoms. The largest absolute Gasteiger partial charge is 0.355 e. The van der Waals surface area contributed by atoms with Gasteiger partial charge in [-0.05, 0) is 56.2 Å². The molecule has 3 aromatic carbocycles. The summed E-state index contributed by atoms with van der Waals surface area (Å²) < 4.78 is 28.3. The SMILES string of the molecule is CCNC(=O)C(C)N(CCc1ccccc1)C(=O)CN(c1cccc(Cl)c1)S(=O)(=O)c1ccccc1. The number of anilines is 1. The maximum absolute atomic E-state index is 13.7. The molecule has 1 unspecified atom stereocenters. The predicted molar refractivity (Wildman–Crippen MR) is 142 cm³/mol. The van der Waals surface area contributed by atoms with Crippen molar-refractivity contribution in [2.75, 3.05) is 23.9 Å². The lowest BCUT2D eigenvalue weighted by Gasteiger charge is -2.32. The lowest BCUT2D eigenvalue weighted by molar-refractivity contribution is -0.138. The highest BCUT2D eigenvalue weighted by atomic mass is 35.5. The molecule has 0 radical (unpaired) electrons. The minimum Gasteiger partial charge on any atom is -0.355 e. The molecule has 0 aliphatic carbocycles. The number of amides is 2. The number of halogens is 1. The molecule has 0 bridgehead atoms. The van der Waals surface area contributed by atoms with Crippen LogP contribution in [-0.2, 0) is 26.0 Å². The van der Waals surface area contributed by atoms with Crippen LogP contribution in [0, 0.1) is 0 Å². The molecule has 2 amide bonds. The summed E-state index contributed by atoms with van der Waals surface area (Å²) in [6.07, 6.45) is 0.513. The maximum atomic E-state index is 13.7. The van der Waals surface area contributed by atoms with Crippen molar-refractivity contribution in [2.45, 2.75) is 31.2 Å². The summed E-state index contributed by atoms with van der Waals surface area (Å²) >= 11 is 6.16. The highest BCUT2D eigenvalue weighted by Gasteiger charge is 2.32. The molecule has 0 saturated heterocycles. The van der Waals surface area contributed by atoms with E-state index in [1.165, 1.54) is 23.1 Å². The normalized spacial score (nSPS) is 12.0. The van der Waals surface area contributed by atoms with E-state index in [-0.39, 0.29) is 23.0 Å². The molecule has 0 fully saturated rings. The van der Waals surface area contributed by atoms with Crippen LogP contribution >= 0.6 is 11.6 Å². The van der Waals surface area contributed by atoms with Gasteiger partial charge in [0, 0.05) is 18.1 Å². The molecule has 36 heavy (non-hydrogen) atoms. The first-order chi connectivity index (χ1) is 17.2. The fraction of sp³-hybridized carbons (Fsp3) is 0.259. The van der Waals surface area contributed by atoms with E-state index < -0.39 is 28.5 Å². The second-order valence-electron chi connectivity index (χ2n) is 8.20. The second-order valence-corrected chi connectivity index (χ2v) is 10.5. The van der Waals surface area contributed by atoms with Crippen LogP contribution in [0.15, 0.2) is 89.8 Å². The summed E-state index contributed by atoms with van der Waals surface area (Å²) in [5, 5.41) is 3.08. The van der Waals surface area contributed by atoms with Crippen LogP contribution in [-0.4, -0.2) is 50.8 Å². The number of likely N-dealkylation sites (N-methyl/N-ethyl adjacent to an activating group) is 1. The van der Waals surface area contributed by atoms with Gasteiger partial charge in [-0.1, -0.05) is 66.2 Å². The van der Waals surface area contributed by atoms with Crippen molar-refractivity contribution in [1.82, 2.24) is 10.2 Å². The Morgan fingerprint density at radius 1 is 0.944 bits per heavy atom. The van der Waals surface area contributed by atoms with Crippen LogP contribution in [0.1, 0.15) is 19.4 Å². The maximum Gasteiger partial charge on any atom is 0.264 e. The summed E-state index contributed by atoms with van der Waals surface area (Å²) in [5.41, 5.74) is 1.26. The van der Waals surface area contributed by atoms with Gasteiger partial charge in [0.05, 0.1) is 10.6 Å². The second kappa shape index (κ2) is 12.6. The third-order valence-corrected chi connectivity index (χ3v) is 7.73. The van der Waals surface area contributed by atoms with E-state index in [1.807, 2.05) is 30.3 Å². The number of nitrogens with zero attached hydrogens (tertiary/aromatic N) is 2. The first-order valence-electron chi connectivity index (χ1n) is 11.7. The molecule has 0 heterocycles. The van der Waals surface area contributed by atoms with Crippen LogP contribution in [0.3, 0.4) is 0 Å². The molecule has 7 nitrogen and oxygen atoms in total. The van der Waals surface area contributed by atoms with Gasteiger partial charge in [0.15, 0.2) is 0 Å². The van der Waals surface area contributed by atoms with Gasteiger partial charge in [-0.2, -0.15) is 0 Å². The molecule has 0 aromatic heterocycles. The monoisotopic (exact) mass is 527 g/mol. The zero-order valence-corrected chi connectivity index (χ0v) is 21.9. The predicted octanol–water partition coefficient (Wildman–Crippen LogP) is 4.13. The number of carbonyl (C=O) groups excluding carboxylic acids is 2. The molecule has 0 saturated carbocycles. The summed E-state index contributed by atoms with van der Waals surface area (Å²) in [7, 11) is -4.10. The van der Waals surface area contributed by atoms with Crippen molar-refractivity contribution in [3.8, 4) is 0 Å². The smallest absolute Gasteiger partial charge is 0.264 e.